The molecule has 1 aromatic heterocycles. The predicted octanol–water partition coefficient (Wildman–Crippen LogP) is 3.16. The molecule has 0 aromatic carbocycles. The van der Waals surface area contributed by atoms with E-state index in [2.05, 4.69) is 4.98 Å². The van der Waals surface area contributed by atoms with Crippen molar-refractivity contribution in [2.24, 2.45) is 0 Å². The fourth-order valence-corrected chi connectivity index (χ4v) is 3.34. The van der Waals surface area contributed by atoms with Gasteiger partial charge in [0.05, 0.1) is 5.01 Å². The van der Waals surface area contributed by atoms with Crippen LogP contribution < -0.4 is 0 Å². The molecule has 0 N–H and O–H groups in total. The van der Waals surface area contributed by atoms with Gasteiger partial charge in [-0.05, 0) is 26.7 Å². The lowest BCUT2D eigenvalue weighted by atomic mass is 9.94. The molecule has 1 heterocycles. The maximum atomic E-state index is 12.3. The molecule has 1 saturated carbocycles. The largest absolute Gasteiger partial charge is 0.337 e. The number of carbonyl (C=O) groups is 1. The van der Waals surface area contributed by atoms with E-state index in [1.165, 1.54) is 19.3 Å². The molecule has 1 aliphatic rings. The number of hydrogen-bond acceptors (Lipinski definition) is 3. The Labute approximate surface area is 107 Å². The second-order valence-electron chi connectivity index (χ2n) is 4.85. The van der Waals surface area contributed by atoms with Crippen molar-refractivity contribution in [2.45, 2.75) is 52.0 Å². The van der Waals surface area contributed by atoms with Crippen LogP contribution >= 0.6 is 11.3 Å². The van der Waals surface area contributed by atoms with Crippen LogP contribution in [0.4, 0.5) is 0 Å². The summed E-state index contributed by atoms with van der Waals surface area (Å²) in [5.41, 5.74) is 0.653. The van der Waals surface area contributed by atoms with E-state index in [1.54, 1.807) is 11.3 Å². The van der Waals surface area contributed by atoms with Crippen LogP contribution in [-0.2, 0) is 0 Å². The number of amides is 1. The van der Waals surface area contributed by atoms with Gasteiger partial charge in [-0.25, -0.2) is 4.98 Å². The van der Waals surface area contributed by atoms with Gasteiger partial charge in [0, 0.05) is 18.0 Å². The van der Waals surface area contributed by atoms with Crippen molar-refractivity contribution >= 4 is 17.2 Å². The molecule has 94 valence electrons. The molecular formula is C13H20N2OS. The molecule has 1 aromatic rings. The Morgan fingerprint density at radius 2 is 1.94 bits per heavy atom. The third-order valence-electron chi connectivity index (χ3n) is 3.55. The molecule has 0 atom stereocenters. The third-order valence-corrected chi connectivity index (χ3v) is 4.44. The SMILES string of the molecule is Cc1nc(C(=O)N(C)C2CCCCC2)c(C)s1. The fraction of sp³-hybridized carbons (Fsp3) is 0.692. The topological polar surface area (TPSA) is 33.2 Å². The Bertz CT molecular complexity index is 408. The average Bonchev–Trinajstić information content (AvgIpc) is 2.68. The first-order chi connectivity index (χ1) is 8.09. The number of nitrogens with zero attached hydrogens (tertiary/aromatic N) is 2. The van der Waals surface area contributed by atoms with Crippen molar-refractivity contribution in [3.05, 3.63) is 15.6 Å². The zero-order valence-electron chi connectivity index (χ0n) is 10.8. The van der Waals surface area contributed by atoms with Crippen LogP contribution in [0.15, 0.2) is 0 Å². The van der Waals surface area contributed by atoms with Crippen molar-refractivity contribution in [1.82, 2.24) is 9.88 Å². The lowest BCUT2D eigenvalue weighted by Crippen LogP contribution is -2.38. The first-order valence-corrected chi connectivity index (χ1v) is 7.12. The van der Waals surface area contributed by atoms with Gasteiger partial charge in [-0.1, -0.05) is 19.3 Å². The molecular weight excluding hydrogens is 232 g/mol. The molecule has 3 nitrogen and oxygen atoms in total. The van der Waals surface area contributed by atoms with Crippen molar-refractivity contribution < 1.29 is 4.79 Å². The van der Waals surface area contributed by atoms with Crippen LogP contribution in [0.3, 0.4) is 0 Å². The molecule has 0 unspecified atom stereocenters. The van der Waals surface area contributed by atoms with Crippen molar-refractivity contribution in [1.29, 1.82) is 0 Å². The number of aromatic nitrogens is 1. The first-order valence-electron chi connectivity index (χ1n) is 6.31. The van der Waals surface area contributed by atoms with Gasteiger partial charge in [-0.3, -0.25) is 4.79 Å². The van der Waals surface area contributed by atoms with Gasteiger partial charge in [-0.15, -0.1) is 11.3 Å². The zero-order chi connectivity index (χ0) is 12.4. The van der Waals surface area contributed by atoms with Gasteiger partial charge in [0.2, 0.25) is 0 Å². The number of hydrogen-bond donors (Lipinski definition) is 0. The summed E-state index contributed by atoms with van der Waals surface area (Å²) in [6.45, 7) is 3.93. The summed E-state index contributed by atoms with van der Waals surface area (Å²) in [4.78, 5) is 19.6. The molecule has 0 spiro atoms. The second-order valence-corrected chi connectivity index (χ2v) is 6.25. The highest BCUT2D eigenvalue weighted by Crippen LogP contribution is 2.24. The predicted molar refractivity (Wildman–Crippen MR) is 70.6 cm³/mol. The maximum absolute atomic E-state index is 12.3. The van der Waals surface area contributed by atoms with Crippen LogP contribution in [0.2, 0.25) is 0 Å². The molecule has 0 bridgehead atoms. The Morgan fingerprint density at radius 3 is 2.47 bits per heavy atom. The molecule has 1 fully saturated rings. The second kappa shape index (κ2) is 5.17. The maximum Gasteiger partial charge on any atom is 0.273 e. The minimum atomic E-state index is 0.0961. The van der Waals surface area contributed by atoms with Crippen LogP contribution in [0.25, 0.3) is 0 Å². The van der Waals surface area contributed by atoms with Crippen molar-refractivity contribution in [3.63, 3.8) is 0 Å². The van der Waals surface area contributed by atoms with E-state index in [4.69, 9.17) is 0 Å². The normalized spacial score (nSPS) is 17.1. The smallest absolute Gasteiger partial charge is 0.273 e. The van der Waals surface area contributed by atoms with Gasteiger partial charge < -0.3 is 4.90 Å². The third kappa shape index (κ3) is 2.68. The number of aryl methyl sites for hydroxylation is 2. The van der Waals surface area contributed by atoms with E-state index < -0.39 is 0 Å². The van der Waals surface area contributed by atoms with Crippen LogP contribution in [0.1, 0.15) is 52.5 Å². The van der Waals surface area contributed by atoms with E-state index in [0.29, 0.717) is 11.7 Å². The van der Waals surface area contributed by atoms with Crippen LogP contribution in [0, 0.1) is 13.8 Å². The molecule has 1 aliphatic carbocycles. The van der Waals surface area contributed by atoms with E-state index in [1.807, 2.05) is 25.8 Å². The molecule has 1 amide bonds. The zero-order valence-corrected chi connectivity index (χ0v) is 11.6. The minimum absolute atomic E-state index is 0.0961. The first kappa shape index (κ1) is 12.6. The van der Waals surface area contributed by atoms with Crippen LogP contribution in [0.5, 0.6) is 0 Å². The molecule has 2 rings (SSSR count). The summed E-state index contributed by atoms with van der Waals surface area (Å²) in [5, 5.41) is 0.975. The van der Waals surface area contributed by atoms with E-state index in [0.717, 1.165) is 22.7 Å². The Kier molecular flexibility index (Phi) is 3.82. The Morgan fingerprint density at radius 1 is 1.29 bits per heavy atom. The van der Waals surface area contributed by atoms with Gasteiger partial charge in [0.15, 0.2) is 0 Å². The van der Waals surface area contributed by atoms with Gasteiger partial charge in [0.25, 0.3) is 5.91 Å². The summed E-state index contributed by atoms with van der Waals surface area (Å²) in [6, 6.07) is 0.414. The van der Waals surface area contributed by atoms with Crippen LogP contribution in [-0.4, -0.2) is 28.9 Å². The summed E-state index contributed by atoms with van der Waals surface area (Å²) < 4.78 is 0. The number of rotatable bonds is 2. The monoisotopic (exact) mass is 252 g/mol. The van der Waals surface area contributed by atoms with Crippen molar-refractivity contribution in [2.75, 3.05) is 7.05 Å². The van der Waals surface area contributed by atoms with Gasteiger partial charge >= 0.3 is 0 Å². The Hall–Kier alpha value is -0.900. The summed E-state index contributed by atoms with van der Waals surface area (Å²) in [7, 11) is 1.92. The molecule has 4 heteroatoms. The molecule has 0 radical (unpaired) electrons. The summed E-state index contributed by atoms with van der Waals surface area (Å²) in [5.74, 6) is 0.0961. The van der Waals surface area contributed by atoms with Gasteiger partial charge in [0.1, 0.15) is 5.69 Å². The highest BCUT2D eigenvalue weighted by atomic mass is 32.1. The van der Waals surface area contributed by atoms with E-state index in [-0.39, 0.29) is 5.91 Å². The molecule has 0 aliphatic heterocycles. The quantitative estimate of drug-likeness (QED) is 0.810. The lowest BCUT2D eigenvalue weighted by Gasteiger charge is -2.30. The average molecular weight is 252 g/mol. The van der Waals surface area contributed by atoms with E-state index in [9.17, 15) is 4.79 Å². The standard InChI is InChI=1S/C13H20N2OS/c1-9-12(14-10(2)17-9)13(16)15(3)11-7-5-4-6-8-11/h11H,4-8H2,1-3H3. The summed E-state index contributed by atoms with van der Waals surface area (Å²) >= 11 is 1.60. The lowest BCUT2D eigenvalue weighted by molar-refractivity contribution is 0.0690. The molecule has 0 saturated heterocycles. The fourth-order valence-electron chi connectivity index (χ4n) is 2.53. The highest BCUT2D eigenvalue weighted by Gasteiger charge is 2.25. The van der Waals surface area contributed by atoms with E-state index >= 15 is 0 Å². The highest BCUT2D eigenvalue weighted by molar-refractivity contribution is 7.11. The molecule has 17 heavy (non-hydrogen) atoms. The summed E-state index contributed by atoms with van der Waals surface area (Å²) in [6.07, 6.45) is 6.09. The Balaban J connectivity index is 2.11. The van der Waals surface area contributed by atoms with Gasteiger partial charge in [-0.2, -0.15) is 0 Å². The number of thiazole rings is 1. The minimum Gasteiger partial charge on any atom is -0.337 e. The number of carbonyl (C=O) groups excluding carboxylic acids is 1. The van der Waals surface area contributed by atoms with Crippen molar-refractivity contribution in [3.8, 4) is 0 Å².